The molecule has 1 atom stereocenters. The summed E-state index contributed by atoms with van der Waals surface area (Å²) in [5.41, 5.74) is 0.0170. The van der Waals surface area contributed by atoms with Crippen molar-refractivity contribution in [1.29, 1.82) is 0 Å². The molecular weight excluding hydrogens is 349 g/mol. The lowest BCUT2D eigenvalue weighted by Gasteiger charge is -2.00. The fraction of sp³-hybridized carbons (Fsp3) is 0.0714. The zero-order chi connectivity index (χ0) is 16.6. The molecule has 2 aromatic heterocycles. The molecule has 9 heteroatoms. The summed E-state index contributed by atoms with van der Waals surface area (Å²) in [5.74, 6) is 0. The molecule has 0 aliphatic heterocycles. The zero-order valence-electron chi connectivity index (χ0n) is 11.3. The van der Waals surface area contributed by atoms with Gasteiger partial charge in [0, 0.05) is 4.88 Å². The molecule has 1 aromatic carbocycles. The summed E-state index contributed by atoms with van der Waals surface area (Å²) in [6, 6.07) is 10.9. The van der Waals surface area contributed by atoms with Gasteiger partial charge in [0.15, 0.2) is 11.1 Å². The Labute approximate surface area is 135 Å². The lowest BCUT2D eigenvalue weighted by Crippen LogP contribution is -2.04. The van der Waals surface area contributed by atoms with Gasteiger partial charge in [-0.2, -0.15) is 18.3 Å². The van der Waals surface area contributed by atoms with Crippen LogP contribution in [0, 0.1) is 0 Å². The van der Waals surface area contributed by atoms with Crippen molar-refractivity contribution in [3.05, 3.63) is 48.2 Å². The minimum absolute atomic E-state index is 0.204. The maximum atomic E-state index is 12.6. The highest BCUT2D eigenvalue weighted by Crippen LogP contribution is 2.36. The van der Waals surface area contributed by atoms with Crippen molar-refractivity contribution < 1.29 is 21.9 Å². The lowest BCUT2D eigenvalue weighted by molar-refractivity contribution is -0.141. The average molecular weight is 358 g/mol. The smallest absolute Gasteiger partial charge is 0.302 e. The molecule has 0 aliphatic rings. The number of H-pyrrole nitrogens is 1. The number of nitrogens with one attached hydrogen (secondary N) is 1. The highest BCUT2D eigenvalue weighted by molar-refractivity contribution is 7.79. The van der Waals surface area contributed by atoms with E-state index in [1.54, 1.807) is 30.3 Å². The van der Waals surface area contributed by atoms with Crippen LogP contribution in [0.4, 0.5) is 13.2 Å². The quantitative estimate of drug-likeness (QED) is 0.682. The van der Waals surface area contributed by atoms with E-state index in [4.69, 9.17) is 4.55 Å². The van der Waals surface area contributed by atoms with Crippen molar-refractivity contribution in [2.24, 2.45) is 0 Å². The van der Waals surface area contributed by atoms with Gasteiger partial charge in [0.05, 0.1) is 9.77 Å². The number of rotatable bonds is 3. The number of aromatic nitrogens is 2. The van der Waals surface area contributed by atoms with Crippen LogP contribution < -0.4 is 0 Å². The van der Waals surface area contributed by atoms with Crippen LogP contribution >= 0.6 is 11.3 Å². The Kier molecular flexibility index (Phi) is 4.09. The van der Waals surface area contributed by atoms with Gasteiger partial charge < -0.3 is 4.55 Å². The van der Waals surface area contributed by atoms with E-state index < -0.39 is 23.0 Å². The first-order chi connectivity index (χ1) is 10.8. The average Bonchev–Trinajstić information content (AvgIpc) is 3.15. The van der Waals surface area contributed by atoms with Crippen LogP contribution in [0.2, 0.25) is 0 Å². The van der Waals surface area contributed by atoms with Crippen LogP contribution in [0.15, 0.2) is 47.4 Å². The number of alkyl halides is 3. The third kappa shape index (κ3) is 3.36. The zero-order valence-corrected chi connectivity index (χ0v) is 12.9. The van der Waals surface area contributed by atoms with Crippen LogP contribution in [-0.4, -0.2) is 19.0 Å². The highest BCUT2D eigenvalue weighted by atomic mass is 32.2. The van der Waals surface area contributed by atoms with Crippen molar-refractivity contribution >= 4 is 22.4 Å². The van der Waals surface area contributed by atoms with Gasteiger partial charge in [-0.15, -0.1) is 11.3 Å². The third-order valence-corrected chi connectivity index (χ3v) is 4.88. The summed E-state index contributed by atoms with van der Waals surface area (Å²) in [4.78, 5) is 1.60. The van der Waals surface area contributed by atoms with Crippen molar-refractivity contribution in [2.45, 2.75) is 11.1 Å². The molecule has 4 nitrogen and oxygen atoms in total. The van der Waals surface area contributed by atoms with Gasteiger partial charge in [0.1, 0.15) is 11.4 Å². The van der Waals surface area contributed by atoms with Gasteiger partial charge in [-0.1, -0.05) is 12.1 Å². The molecule has 2 N–H and O–H groups in total. The normalized spacial score (nSPS) is 13.2. The van der Waals surface area contributed by atoms with E-state index in [2.05, 4.69) is 5.10 Å². The molecule has 23 heavy (non-hydrogen) atoms. The van der Waals surface area contributed by atoms with E-state index in [-0.39, 0.29) is 10.6 Å². The molecule has 0 radical (unpaired) electrons. The van der Waals surface area contributed by atoms with E-state index >= 15 is 0 Å². The molecule has 0 bridgehead atoms. The summed E-state index contributed by atoms with van der Waals surface area (Å²) in [6.45, 7) is 0. The first-order valence-corrected chi connectivity index (χ1v) is 8.21. The largest absolute Gasteiger partial charge is 0.432 e. The fourth-order valence-corrected chi connectivity index (χ4v) is 3.37. The van der Waals surface area contributed by atoms with Crippen LogP contribution in [-0.2, 0) is 17.3 Å². The monoisotopic (exact) mass is 358 g/mol. The molecule has 0 aliphatic carbocycles. The standard InChI is InChI=1S/C14H9F3N2O2S2/c15-14(16,17)13-7-10(18-19-13)12-5-4-11(22-12)8-2-1-3-9(6-8)23(20)21/h1-7H,(H,18,19)(H,20,21). The first-order valence-electron chi connectivity index (χ1n) is 6.29. The Morgan fingerprint density at radius 2 is 1.87 bits per heavy atom. The topological polar surface area (TPSA) is 66.0 Å². The Bertz CT molecular complexity index is 871. The van der Waals surface area contributed by atoms with E-state index in [1.165, 1.54) is 17.4 Å². The summed E-state index contributed by atoms with van der Waals surface area (Å²) in [7, 11) is 0. The van der Waals surface area contributed by atoms with E-state index in [0.717, 1.165) is 10.9 Å². The predicted octanol–water partition coefficient (Wildman–Crippen LogP) is 4.40. The van der Waals surface area contributed by atoms with Gasteiger partial charge in [-0.3, -0.25) is 5.10 Å². The van der Waals surface area contributed by atoms with Gasteiger partial charge >= 0.3 is 6.18 Å². The van der Waals surface area contributed by atoms with Crippen molar-refractivity contribution in [3.63, 3.8) is 0 Å². The minimum atomic E-state index is -4.47. The second-order valence-corrected chi connectivity index (χ2v) is 6.66. The van der Waals surface area contributed by atoms with Crippen LogP contribution in [0.25, 0.3) is 21.0 Å². The molecule has 120 valence electrons. The van der Waals surface area contributed by atoms with E-state index in [1.807, 2.05) is 5.10 Å². The second kappa shape index (κ2) is 5.91. The Morgan fingerprint density at radius 1 is 1.13 bits per heavy atom. The molecule has 3 rings (SSSR count). The third-order valence-electron chi connectivity index (χ3n) is 3.06. The number of hydrogen-bond donors (Lipinski definition) is 2. The first kappa shape index (κ1) is 15.9. The molecule has 2 heterocycles. The lowest BCUT2D eigenvalue weighted by atomic mass is 10.2. The van der Waals surface area contributed by atoms with E-state index in [9.17, 15) is 17.4 Å². The predicted molar refractivity (Wildman–Crippen MR) is 81.4 cm³/mol. The Morgan fingerprint density at radius 3 is 2.52 bits per heavy atom. The maximum Gasteiger partial charge on any atom is 0.432 e. The van der Waals surface area contributed by atoms with Gasteiger partial charge in [-0.05, 0) is 35.9 Å². The molecular formula is C14H9F3N2O2S2. The molecule has 0 amide bonds. The minimum Gasteiger partial charge on any atom is -0.302 e. The fourth-order valence-electron chi connectivity index (χ4n) is 1.98. The second-order valence-electron chi connectivity index (χ2n) is 4.61. The summed E-state index contributed by atoms with van der Waals surface area (Å²) < 4.78 is 58.0. The summed E-state index contributed by atoms with van der Waals surface area (Å²) in [5, 5.41) is 5.66. The molecule has 0 spiro atoms. The van der Waals surface area contributed by atoms with Crippen LogP contribution in [0.3, 0.4) is 0 Å². The van der Waals surface area contributed by atoms with Crippen molar-refractivity contribution in [1.82, 2.24) is 10.2 Å². The number of halogens is 3. The molecule has 0 saturated carbocycles. The van der Waals surface area contributed by atoms with Crippen LogP contribution in [0.1, 0.15) is 5.69 Å². The number of nitrogens with zero attached hydrogens (tertiary/aromatic N) is 1. The number of thiophene rings is 1. The summed E-state index contributed by atoms with van der Waals surface area (Å²) in [6.07, 6.45) is -4.47. The van der Waals surface area contributed by atoms with E-state index in [0.29, 0.717) is 10.4 Å². The van der Waals surface area contributed by atoms with Gasteiger partial charge in [0.2, 0.25) is 0 Å². The van der Waals surface area contributed by atoms with Gasteiger partial charge in [0.25, 0.3) is 0 Å². The molecule has 0 fully saturated rings. The summed E-state index contributed by atoms with van der Waals surface area (Å²) >= 11 is -0.834. The number of aromatic amines is 1. The Hall–Kier alpha value is -1.97. The molecule has 0 saturated heterocycles. The van der Waals surface area contributed by atoms with Crippen molar-refractivity contribution in [3.8, 4) is 21.0 Å². The van der Waals surface area contributed by atoms with Gasteiger partial charge in [-0.25, -0.2) is 4.21 Å². The number of hydrogen-bond acceptors (Lipinski definition) is 3. The Balaban J connectivity index is 1.93. The maximum absolute atomic E-state index is 12.6. The SMILES string of the molecule is O=S(O)c1cccc(-c2ccc(-c3cc(C(F)(F)F)[nH]n3)s2)c1. The van der Waals surface area contributed by atoms with Crippen molar-refractivity contribution in [2.75, 3.05) is 0 Å². The van der Waals surface area contributed by atoms with Crippen LogP contribution in [0.5, 0.6) is 0 Å². The molecule has 1 unspecified atom stereocenters. The molecule has 3 aromatic rings. The highest BCUT2D eigenvalue weighted by Gasteiger charge is 2.33. The number of benzene rings is 1.